The average Bonchev–Trinajstić information content (AvgIpc) is 3.01. The predicted octanol–water partition coefficient (Wildman–Crippen LogP) is 4.04. The number of carbonyl (C=O) groups excluding carboxylic acids is 2. The summed E-state index contributed by atoms with van der Waals surface area (Å²) in [5.74, 6) is -2.40. The van der Waals surface area contributed by atoms with E-state index in [1.807, 2.05) is 38.1 Å². The van der Waals surface area contributed by atoms with Crippen molar-refractivity contribution in [3.05, 3.63) is 63.9 Å². The zero-order valence-electron chi connectivity index (χ0n) is 16.8. The number of carbonyl (C=O) groups is 2. The van der Waals surface area contributed by atoms with E-state index >= 15 is 0 Å². The van der Waals surface area contributed by atoms with Gasteiger partial charge in [0.25, 0.3) is 11.8 Å². The molecule has 2 amide bonds. The highest BCUT2D eigenvalue weighted by Crippen LogP contribution is 2.29. The van der Waals surface area contributed by atoms with E-state index in [4.69, 9.17) is 11.6 Å². The number of hydrogen-bond donors (Lipinski definition) is 2. The molecular weight excluding hydrogens is 409 g/mol. The molecule has 2 aromatic carbocycles. The van der Waals surface area contributed by atoms with E-state index in [1.54, 1.807) is 0 Å². The number of rotatable bonds is 7. The lowest BCUT2D eigenvalue weighted by Gasteiger charge is -2.16. The Morgan fingerprint density at radius 2 is 2.07 bits per heavy atom. The molecule has 0 aromatic heterocycles. The van der Waals surface area contributed by atoms with Gasteiger partial charge in [-0.25, -0.2) is 9.40 Å². The second-order valence-corrected chi connectivity index (χ2v) is 7.56. The Morgan fingerprint density at radius 1 is 1.33 bits per heavy atom. The molecular formula is C22H23ClFN3O3. The van der Waals surface area contributed by atoms with Crippen molar-refractivity contribution >= 4 is 29.1 Å². The van der Waals surface area contributed by atoms with Crippen LogP contribution in [0.15, 0.2) is 41.5 Å². The van der Waals surface area contributed by atoms with Crippen molar-refractivity contribution in [1.82, 2.24) is 10.3 Å². The summed E-state index contributed by atoms with van der Waals surface area (Å²) in [7, 11) is 0. The molecule has 1 heterocycles. The SMILES string of the molecule is CCC1=NN(Cc2ccccc2C)C(=O)[C@@H]1CCNC(=O)c1cc(F)cc(Cl)c1O. The molecule has 0 saturated heterocycles. The molecule has 0 spiro atoms. The number of benzene rings is 2. The second-order valence-electron chi connectivity index (χ2n) is 7.15. The Kier molecular flexibility index (Phi) is 6.72. The number of hydrazone groups is 1. The van der Waals surface area contributed by atoms with E-state index in [1.165, 1.54) is 5.01 Å². The van der Waals surface area contributed by atoms with Gasteiger partial charge in [0.1, 0.15) is 11.6 Å². The van der Waals surface area contributed by atoms with E-state index in [-0.39, 0.29) is 23.0 Å². The molecule has 1 atom stereocenters. The summed E-state index contributed by atoms with van der Waals surface area (Å²) >= 11 is 5.72. The highest BCUT2D eigenvalue weighted by molar-refractivity contribution is 6.32. The van der Waals surface area contributed by atoms with Crippen LogP contribution in [0.25, 0.3) is 0 Å². The molecule has 6 nitrogen and oxygen atoms in total. The van der Waals surface area contributed by atoms with Crippen LogP contribution in [-0.2, 0) is 11.3 Å². The van der Waals surface area contributed by atoms with Gasteiger partial charge in [0.2, 0.25) is 0 Å². The fourth-order valence-corrected chi connectivity index (χ4v) is 3.64. The molecule has 0 fully saturated rings. The maximum Gasteiger partial charge on any atom is 0.255 e. The molecule has 8 heteroatoms. The first-order valence-corrected chi connectivity index (χ1v) is 10.1. The lowest BCUT2D eigenvalue weighted by Crippen LogP contribution is -2.32. The van der Waals surface area contributed by atoms with Gasteiger partial charge in [-0.05, 0) is 43.0 Å². The van der Waals surface area contributed by atoms with Crippen molar-refractivity contribution in [3.63, 3.8) is 0 Å². The maximum atomic E-state index is 13.5. The molecule has 158 valence electrons. The Morgan fingerprint density at radius 3 is 2.77 bits per heavy atom. The number of phenols is 1. The first-order valence-electron chi connectivity index (χ1n) is 9.71. The van der Waals surface area contributed by atoms with Crippen molar-refractivity contribution in [3.8, 4) is 5.75 Å². The Hall–Kier alpha value is -2.93. The minimum atomic E-state index is -0.721. The van der Waals surface area contributed by atoms with Gasteiger partial charge in [0.15, 0.2) is 0 Å². The van der Waals surface area contributed by atoms with Crippen molar-refractivity contribution in [1.29, 1.82) is 0 Å². The fourth-order valence-electron chi connectivity index (χ4n) is 3.43. The third-order valence-electron chi connectivity index (χ3n) is 5.14. The molecule has 3 rings (SSSR count). The Balaban J connectivity index is 1.63. The number of aryl methyl sites for hydroxylation is 1. The van der Waals surface area contributed by atoms with Crippen LogP contribution in [0.5, 0.6) is 5.75 Å². The summed E-state index contributed by atoms with van der Waals surface area (Å²) in [4.78, 5) is 25.2. The number of nitrogens with one attached hydrogen (secondary N) is 1. The lowest BCUT2D eigenvalue weighted by molar-refractivity contribution is -0.132. The van der Waals surface area contributed by atoms with Crippen molar-refractivity contribution in [2.45, 2.75) is 33.2 Å². The number of halogens is 2. The number of hydrogen-bond acceptors (Lipinski definition) is 4. The van der Waals surface area contributed by atoms with Gasteiger partial charge in [-0.2, -0.15) is 5.10 Å². The summed E-state index contributed by atoms with van der Waals surface area (Å²) < 4.78 is 13.5. The number of aromatic hydroxyl groups is 1. The highest BCUT2D eigenvalue weighted by Gasteiger charge is 2.34. The normalized spacial score (nSPS) is 16.0. The van der Waals surface area contributed by atoms with E-state index < -0.39 is 23.4 Å². The molecule has 0 saturated carbocycles. The summed E-state index contributed by atoms with van der Waals surface area (Å²) in [5, 5.41) is 18.2. The molecule has 0 aliphatic carbocycles. The van der Waals surface area contributed by atoms with E-state index in [0.717, 1.165) is 29.0 Å². The summed E-state index contributed by atoms with van der Waals surface area (Å²) in [6.45, 7) is 4.48. The molecule has 1 aliphatic heterocycles. The zero-order chi connectivity index (χ0) is 21.8. The smallest absolute Gasteiger partial charge is 0.255 e. The van der Waals surface area contributed by atoms with Crippen molar-refractivity contribution < 1.29 is 19.1 Å². The van der Waals surface area contributed by atoms with Crippen LogP contribution >= 0.6 is 11.6 Å². The molecule has 0 radical (unpaired) electrons. The average molecular weight is 432 g/mol. The molecule has 30 heavy (non-hydrogen) atoms. The highest BCUT2D eigenvalue weighted by atomic mass is 35.5. The first-order chi connectivity index (χ1) is 14.3. The maximum absolute atomic E-state index is 13.5. The van der Waals surface area contributed by atoms with Crippen LogP contribution in [0.3, 0.4) is 0 Å². The van der Waals surface area contributed by atoms with Crippen LogP contribution in [0.2, 0.25) is 5.02 Å². The molecule has 1 aliphatic rings. The first kappa shape index (κ1) is 21.8. The van der Waals surface area contributed by atoms with Gasteiger partial charge in [-0.1, -0.05) is 42.8 Å². The molecule has 2 N–H and O–H groups in total. The van der Waals surface area contributed by atoms with Crippen LogP contribution in [0.4, 0.5) is 4.39 Å². The zero-order valence-corrected chi connectivity index (χ0v) is 17.5. The van der Waals surface area contributed by atoms with E-state index in [2.05, 4.69) is 10.4 Å². The van der Waals surface area contributed by atoms with Crippen molar-refractivity contribution in [2.75, 3.05) is 6.54 Å². The third kappa shape index (κ3) is 4.62. The minimum Gasteiger partial charge on any atom is -0.506 e. The van der Waals surface area contributed by atoms with Crippen LogP contribution < -0.4 is 5.32 Å². The van der Waals surface area contributed by atoms with Gasteiger partial charge >= 0.3 is 0 Å². The Bertz CT molecular complexity index is 1010. The van der Waals surface area contributed by atoms with E-state index in [9.17, 15) is 19.1 Å². The summed E-state index contributed by atoms with van der Waals surface area (Å²) in [6.07, 6.45) is 0.972. The van der Waals surface area contributed by atoms with E-state index in [0.29, 0.717) is 19.4 Å². The summed E-state index contributed by atoms with van der Waals surface area (Å²) in [5.41, 5.74) is 2.63. The monoisotopic (exact) mass is 431 g/mol. The quantitative estimate of drug-likeness (QED) is 0.694. The van der Waals surface area contributed by atoms with Crippen LogP contribution in [-0.4, -0.2) is 34.2 Å². The molecule has 0 bridgehead atoms. The van der Waals surface area contributed by atoms with Crippen molar-refractivity contribution in [2.24, 2.45) is 11.0 Å². The van der Waals surface area contributed by atoms with Gasteiger partial charge < -0.3 is 10.4 Å². The van der Waals surface area contributed by atoms with Gasteiger partial charge in [0, 0.05) is 6.54 Å². The van der Waals surface area contributed by atoms with Crippen LogP contribution in [0.1, 0.15) is 41.3 Å². The topological polar surface area (TPSA) is 82.0 Å². The fraction of sp³-hybridized carbons (Fsp3) is 0.318. The number of nitrogens with zero attached hydrogens (tertiary/aromatic N) is 2. The Labute approximate surface area is 179 Å². The summed E-state index contributed by atoms with van der Waals surface area (Å²) in [6, 6.07) is 9.67. The second kappa shape index (κ2) is 9.26. The minimum absolute atomic E-state index is 0.110. The van der Waals surface area contributed by atoms with Gasteiger partial charge in [-0.3, -0.25) is 9.59 Å². The number of phenolic OH excluding ortho intramolecular Hbond substituents is 1. The number of amides is 2. The predicted molar refractivity (Wildman–Crippen MR) is 113 cm³/mol. The standard InChI is InChI=1S/C22H23ClFN3O3/c1-3-19-16(22(30)27(26-19)12-14-7-5-4-6-13(14)2)8-9-25-21(29)17-10-15(24)11-18(23)20(17)28/h4-7,10-11,16,28H,3,8-9,12H2,1-2H3,(H,25,29)/t16-/m1/s1. The molecule has 2 aromatic rings. The lowest BCUT2D eigenvalue weighted by atomic mass is 9.97. The largest absolute Gasteiger partial charge is 0.506 e. The van der Waals surface area contributed by atoms with Gasteiger partial charge in [-0.15, -0.1) is 0 Å². The third-order valence-corrected chi connectivity index (χ3v) is 5.43. The van der Waals surface area contributed by atoms with Crippen LogP contribution in [0, 0.1) is 18.7 Å². The van der Waals surface area contributed by atoms with Gasteiger partial charge in [0.05, 0.1) is 28.8 Å². The molecule has 0 unspecified atom stereocenters.